The summed E-state index contributed by atoms with van der Waals surface area (Å²) in [6, 6.07) is 17.6. The molecule has 3 rings (SSSR count). The third kappa shape index (κ3) is 3.21. The summed E-state index contributed by atoms with van der Waals surface area (Å²) in [5.41, 5.74) is 2.31. The molecule has 1 N–H and O–H groups in total. The zero-order valence-electron chi connectivity index (χ0n) is 13.1. The Morgan fingerprint density at radius 2 is 1.77 bits per heavy atom. The van der Waals surface area contributed by atoms with Crippen molar-refractivity contribution in [3.05, 3.63) is 71.5 Å². The Balaban J connectivity index is 1.69. The molecule has 1 saturated heterocycles. The van der Waals surface area contributed by atoms with Crippen LogP contribution in [0.15, 0.2) is 54.6 Å². The van der Waals surface area contributed by atoms with Crippen LogP contribution in [0.1, 0.15) is 24.0 Å². The predicted octanol–water partition coefficient (Wildman–Crippen LogP) is 3.54. The minimum atomic E-state index is -0.154. The van der Waals surface area contributed by atoms with E-state index in [1.165, 1.54) is 11.6 Å². The third-order valence-electron chi connectivity index (χ3n) is 4.81. The normalized spacial score (nSPS) is 18.3. The number of piperidine rings is 1. The lowest BCUT2D eigenvalue weighted by molar-refractivity contribution is 0.134. The Kier molecular flexibility index (Phi) is 4.55. The fourth-order valence-electron chi connectivity index (χ4n) is 3.40. The highest BCUT2D eigenvalue weighted by Crippen LogP contribution is 2.33. The van der Waals surface area contributed by atoms with Gasteiger partial charge >= 0.3 is 0 Å². The molecule has 1 aliphatic heterocycles. The molecule has 22 heavy (non-hydrogen) atoms. The molecule has 2 nitrogen and oxygen atoms in total. The van der Waals surface area contributed by atoms with Crippen LogP contribution < -0.4 is 5.32 Å². The van der Waals surface area contributed by atoms with E-state index in [0.29, 0.717) is 0 Å². The van der Waals surface area contributed by atoms with E-state index in [2.05, 4.69) is 40.5 Å². The molecule has 0 unspecified atom stereocenters. The number of hydrogen-bond acceptors (Lipinski definition) is 2. The highest BCUT2D eigenvalue weighted by atomic mass is 19.1. The summed E-state index contributed by atoms with van der Waals surface area (Å²) in [5.74, 6) is -0.154. The van der Waals surface area contributed by atoms with Gasteiger partial charge in [-0.15, -0.1) is 0 Å². The van der Waals surface area contributed by atoms with Crippen molar-refractivity contribution in [1.29, 1.82) is 0 Å². The smallest absolute Gasteiger partial charge is 0.123 e. The Morgan fingerprint density at radius 1 is 1.05 bits per heavy atom. The number of hydrogen-bond donors (Lipinski definition) is 1. The van der Waals surface area contributed by atoms with Crippen LogP contribution >= 0.6 is 0 Å². The van der Waals surface area contributed by atoms with Gasteiger partial charge in [0.25, 0.3) is 0 Å². The Morgan fingerprint density at radius 3 is 2.41 bits per heavy atom. The zero-order chi connectivity index (χ0) is 15.4. The van der Waals surface area contributed by atoms with E-state index >= 15 is 0 Å². The van der Waals surface area contributed by atoms with Crippen LogP contribution in [0.4, 0.5) is 4.39 Å². The van der Waals surface area contributed by atoms with Crippen LogP contribution in [0, 0.1) is 5.82 Å². The van der Waals surface area contributed by atoms with Crippen LogP contribution in [0.3, 0.4) is 0 Å². The van der Waals surface area contributed by atoms with Crippen molar-refractivity contribution in [3.63, 3.8) is 0 Å². The van der Waals surface area contributed by atoms with Crippen molar-refractivity contribution < 1.29 is 4.39 Å². The topological polar surface area (TPSA) is 15.3 Å². The van der Waals surface area contributed by atoms with Crippen LogP contribution in [0.25, 0.3) is 0 Å². The van der Waals surface area contributed by atoms with Gasteiger partial charge in [0.2, 0.25) is 0 Å². The number of nitrogens with one attached hydrogen (secondary N) is 1. The lowest BCUT2D eigenvalue weighted by Crippen LogP contribution is -2.49. The molecule has 0 spiro atoms. The van der Waals surface area contributed by atoms with Crippen LogP contribution in [-0.4, -0.2) is 25.0 Å². The monoisotopic (exact) mass is 298 g/mol. The average Bonchev–Trinajstić information content (AvgIpc) is 2.57. The van der Waals surface area contributed by atoms with E-state index in [9.17, 15) is 4.39 Å². The van der Waals surface area contributed by atoms with E-state index in [4.69, 9.17) is 0 Å². The molecule has 0 aliphatic carbocycles. The van der Waals surface area contributed by atoms with Gasteiger partial charge in [-0.2, -0.15) is 0 Å². The van der Waals surface area contributed by atoms with Gasteiger partial charge in [0.15, 0.2) is 0 Å². The molecule has 1 heterocycles. The van der Waals surface area contributed by atoms with Crippen LogP contribution in [-0.2, 0) is 12.1 Å². The van der Waals surface area contributed by atoms with E-state index in [-0.39, 0.29) is 11.4 Å². The van der Waals surface area contributed by atoms with Gasteiger partial charge in [0, 0.05) is 25.2 Å². The SMILES string of the molecule is CNC1(c2cccc(F)c2)CCN(Cc2ccccc2)CC1. The van der Waals surface area contributed by atoms with Crippen molar-refractivity contribution in [2.24, 2.45) is 0 Å². The summed E-state index contributed by atoms with van der Waals surface area (Å²) in [7, 11) is 1.98. The first-order valence-corrected chi connectivity index (χ1v) is 7.93. The molecule has 3 heteroatoms. The van der Waals surface area contributed by atoms with Gasteiger partial charge in [0.1, 0.15) is 5.82 Å². The van der Waals surface area contributed by atoms with Gasteiger partial charge in [0.05, 0.1) is 0 Å². The van der Waals surface area contributed by atoms with Gasteiger partial charge < -0.3 is 5.32 Å². The third-order valence-corrected chi connectivity index (χ3v) is 4.81. The fraction of sp³-hybridized carbons (Fsp3) is 0.368. The van der Waals surface area contributed by atoms with Gasteiger partial charge in [-0.25, -0.2) is 4.39 Å². The summed E-state index contributed by atoms with van der Waals surface area (Å²) in [6.45, 7) is 3.03. The van der Waals surface area contributed by atoms with Gasteiger partial charge in [-0.3, -0.25) is 4.90 Å². The molecule has 0 atom stereocenters. The van der Waals surface area contributed by atoms with E-state index < -0.39 is 0 Å². The van der Waals surface area contributed by atoms with Gasteiger partial charge in [-0.05, 0) is 43.1 Å². The lowest BCUT2D eigenvalue weighted by Gasteiger charge is -2.42. The van der Waals surface area contributed by atoms with Crippen LogP contribution in [0.2, 0.25) is 0 Å². The Labute approximate surface area is 132 Å². The number of rotatable bonds is 4. The van der Waals surface area contributed by atoms with Crippen LogP contribution in [0.5, 0.6) is 0 Å². The minimum Gasteiger partial charge on any atom is -0.310 e. The molecule has 2 aromatic rings. The molecule has 0 aromatic heterocycles. The Bertz CT molecular complexity index is 604. The van der Waals surface area contributed by atoms with E-state index in [0.717, 1.165) is 38.0 Å². The van der Waals surface area contributed by atoms with E-state index in [1.807, 2.05) is 13.1 Å². The van der Waals surface area contributed by atoms with Crippen molar-refractivity contribution in [2.45, 2.75) is 24.9 Å². The van der Waals surface area contributed by atoms with Crippen molar-refractivity contribution in [3.8, 4) is 0 Å². The summed E-state index contributed by atoms with van der Waals surface area (Å²) in [6.07, 6.45) is 2.00. The maximum absolute atomic E-state index is 13.6. The largest absolute Gasteiger partial charge is 0.310 e. The standard InChI is InChI=1S/C19H23FN2/c1-21-19(17-8-5-9-18(20)14-17)10-12-22(13-11-19)15-16-6-3-2-4-7-16/h2-9,14,21H,10-13,15H2,1H3. The minimum absolute atomic E-state index is 0.102. The number of benzene rings is 2. The zero-order valence-corrected chi connectivity index (χ0v) is 13.1. The second-order valence-electron chi connectivity index (χ2n) is 6.10. The maximum atomic E-state index is 13.6. The summed E-state index contributed by atoms with van der Waals surface area (Å²) in [4.78, 5) is 2.48. The number of halogens is 1. The second-order valence-corrected chi connectivity index (χ2v) is 6.10. The lowest BCUT2D eigenvalue weighted by atomic mass is 9.81. The first-order valence-electron chi connectivity index (χ1n) is 7.93. The number of nitrogens with zero attached hydrogens (tertiary/aromatic N) is 1. The predicted molar refractivity (Wildman–Crippen MR) is 88.1 cm³/mol. The highest BCUT2D eigenvalue weighted by Gasteiger charge is 2.34. The first kappa shape index (κ1) is 15.2. The quantitative estimate of drug-likeness (QED) is 0.929. The molecule has 1 fully saturated rings. The highest BCUT2D eigenvalue weighted by molar-refractivity contribution is 5.26. The Hall–Kier alpha value is -1.71. The van der Waals surface area contributed by atoms with E-state index in [1.54, 1.807) is 12.1 Å². The molecule has 0 saturated carbocycles. The average molecular weight is 298 g/mol. The summed E-state index contributed by atoms with van der Waals surface area (Å²) < 4.78 is 13.6. The molecule has 0 radical (unpaired) electrons. The molecular formula is C19H23FN2. The van der Waals surface area contributed by atoms with Crippen molar-refractivity contribution >= 4 is 0 Å². The molecule has 2 aromatic carbocycles. The van der Waals surface area contributed by atoms with Crippen molar-refractivity contribution in [2.75, 3.05) is 20.1 Å². The maximum Gasteiger partial charge on any atom is 0.123 e. The molecule has 0 bridgehead atoms. The van der Waals surface area contributed by atoms with Gasteiger partial charge in [-0.1, -0.05) is 42.5 Å². The molecular weight excluding hydrogens is 275 g/mol. The molecule has 1 aliphatic rings. The number of likely N-dealkylation sites (tertiary alicyclic amines) is 1. The molecule has 0 amide bonds. The summed E-state index contributed by atoms with van der Waals surface area (Å²) in [5, 5.41) is 3.45. The van der Waals surface area contributed by atoms with Crippen molar-refractivity contribution in [1.82, 2.24) is 10.2 Å². The second kappa shape index (κ2) is 6.59. The fourth-order valence-corrected chi connectivity index (χ4v) is 3.40. The first-order chi connectivity index (χ1) is 10.7. The summed E-state index contributed by atoms with van der Waals surface area (Å²) >= 11 is 0. The molecule has 116 valence electrons.